The number of carbonyl (C=O) groups is 1. The molecule has 124 valence electrons. The van der Waals surface area contributed by atoms with Gasteiger partial charge in [0, 0.05) is 30.2 Å². The molecule has 0 fully saturated rings. The predicted molar refractivity (Wildman–Crippen MR) is 92.8 cm³/mol. The van der Waals surface area contributed by atoms with Gasteiger partial charge in [-0.3, -0.25) is 0 Å². The molecule has 0 bridgehead atoms. The first kappa shape index (κ1) is 16.1. The Morgan fingerprint density at radius 3 is 2.58 bits per heavy atom. The van der Waals surface area contributed by atoms with Gasteiger partial charge in [0.1, 0.15) is 0 Å². The molecule has 1 amide bonds. The van der Waals surface area contributed by atoms with Crippen molar-refractivity contribution in [2.75, 3.05) is 6.54 Å². The number of aliphatic hydroxyl groups excluding tert-OH is 1. The average molecular weight is 324 g/mol. The van der Waals surface area contributed by atoms with Gasteiger partial charge < -0.3 is 20.1 Å². The van der Waals surface area contributed by atoms with Gasteiger partial charge in [-0.25, -0.2) is 4.79 Å². The summed E-state index contributed by atoms with van der Waals surface area (Å²) in [6.07, 6.45) is 1.61. The fourth-order valence-electron chi connectivity index (χ4n) is 2.83. The van der Waals surface area contributed by atoms with Crippen molar-refractivity contribution in [3.63, 3.8) is 0 Å². The first-order valence-corrected chi connectivity index (χ1v) is 7.89. The highest BCUT2D eigenvalue weighted by Crippen LogP contribution is 2.21. The van der Waals surface area contributed by atoms with E-state index in [1.54, 1.807) is 0 Å². The van der Waals surface area contributed by atoms with E-state index in [2.05, 4.69) is 4.98 Å². The zero-order valence-electron chi connectivity index (χ0n) is 13.3. The second-order valence-corrected chi connectivity index (χ2v) is 5.79. The van der Waals surface area contributed by atoms with Crippen molar-refractivity contribution in [3.8, 4) is 0 Å². The molecule has 0 unspecified atom stereocenters. The van der Waals surface area contributed by atoms with Gasteiger partial charge in [-0.2, -0.15) is 0 Å². The molecule has 1 heterocycles. The van der Waals surface area contributed by atoms with E-state index in [4.69, 9.17) is 0 Å². The third kappa shape index (κ3) is 3.58. The second kappa shape index (κ2) is 7.19. The Balaban J connectivity index is 1.74. The fraction of sp³-hybridized carbons (Fsp3) is 0.211. The molecule has 2 aromatic carbocycles. The SMILES string of the molecule is O=C(O)N(CCc1c[nH]c2ccc(CO)cc12)Cc1ccccc1. The Morgan fingerprint density at radius 1 is 1.08 bits per heavy atom. The highest BCUT2D eigenvalue weighted by atomic mass is 16.4. The molecule has 0 saturated heterocycles. The number of aromatic amines is 1. The molecular weight excluding hydrogens is 304 g/mol. The van der Waals surface area contributed by atoms with Crippen molar-refractivity contribution in [3.05, 3.63) is 71.4 Å². The molecule has 0 saturated carbocycles. The Labute approximate surface area is 140 Å². The summed E-state index contributed by atoms with van der Waals surface area (Å²) >= 11 is 0. The first-order valence-electron chi connectivity index (χ1n) is 7.89. The molecule has 5 heteroatoms. The van der Waals surface area contributed by atoms with Gasteiger partial charge in [0.15, 0.2) is 0 Å². The maximum Gasteiger partial charge on any atom is 0.407 e. The van der Waals surface area contributed by atoms with Crippen LogP contribution in [0.1, 0.15) is 16.7 Å². The molecular formula is C19H20N2O3. The molecule has 0 aliphatic rings. The number of benzene rings is 2. The van der Waals surface area contributed by atoms with E-state index in [0.29, 0.717) is 19.5 Å². The van der Waals surface area contributed by atoms with Crippen LogP contribution in [0.3, 0.4) is 0 Å². The summed E-state index contributed by atoms with van der Waals surface area (Å²) in [6.45, 7) is 0.788. The highest BCUT2D eigenvalue weighted by Gasteiger charge is 2.13. The third-order valence-electron chi connectivity index (χ3n) is 4.15. The van der Waals surface area contributed by atoms with Crippen molar-refractivity contribution < 1.29 is 15.0 Å². The number of nitrogens with zero attached hydrogens (tertiary/aromatic N) is 1. The van der Waals surface area contributed by atoms with E-state index in [-0.39, 0.29) is 6.61 Å². The van der Waals surface area contributed by atoms with Crippen LogP contribution in [0.15, 0.2) is 54.7 Å². The maximum atomic E-state index is 11.5. The predicted octanol–water partition coefficient (Wildman–Crippen LogP) is 3.38. The molecule has 3 aromatic rings. The number of nitrogens with one attached hydrogen (secondary N) is 1. The summed E-state index contributed by atoms with van der Waals surface area (Å²) < 4.78 is 0. The Kier molecular flexibility index (Phi) is 4.82. The molecule has 0 aliphatic heterocycles. The minimum absolute atomic E-state index is 0.00415. The van der Waals surface area contributed by atoms with Gasteiger partial charge in [-0.05, 0) is 35.2 Å². The van der Waals surface area contributed by atoms with Crippen LogP contribution in [0.2, 0.25) is 0 Å². The molecule has 0 atom stereocenters. The van der Waals surface area contributed by atoms with Crippen LogP contribution in [0.4, 0.5) is 4.79 Å². The van der Waals surface area contributed by atoms with Crippen LogP contribution in [-0.4, -0.2) is 32.7 Å². The normalized spacial score (nSPS) is 10.9. The number of hydrogen-bond donors (Lipinski definition) is 3. The molecule has 0 aliphatic carbocycles. The van der Waals surface area contributed by atoms with Gasteiger partial charge >= 0.3 is 6.09 Å². The van der Waals surface area contributed by atoms with Gasteiger partial charge in [0.05, 0.1) is 6.61 Å². The third-order valence-corrected chi connectivity index (χ3v) is 4.15. The van der Waals surface area contributed by atoms with Crippen LogP contribution in [0.5, 0.6) is 0 Å². The summed E-state index contributed by atoms with van der Waals surface area (Å²) in [6, 6.07) is 15.3. The zero-order chi connectivity index (χ0) is 16.9. The lowest BCUT2D eigenvalue weighted by Crippen LogP contribution is -2.30. The fourth-order valence-corrected chi connectivity index (χ4v) is 2.83. The molecule has 0 radical (unpaired) electrons. The largest absolute Gasteiger partial charge is 0.465 e. The summed E-state index contributed by atoms with van der Waals surface area (Å²) in [4.78, 5) is 16.1. The Hall–Kier alpha value is -2.79. The van der Waals surface area contributed by atoms with E-state index in [9.17, 15) is 15.0 Å². The molecule has 0 spiro atoms. The zero-order valence-corrected chi connectivity index (χ0v) is 13.3. The van der Waals surface area contributed by atoms with Crippen molar-refractivity contribution in [1.82, 2.24) is 9.88 Å². The molecule has 3 N–H and O–H groups in total. The van der Waals surface area contributed by atoms with E-state index in [1.807, 2.05) is 54.7 Å². The lowest BCUT2D eigenvalue weighted by molar-refractivity contribution is 0.143. The van der Waals surface area contributed by atoms with Crippen molar-refractivity contribution in [1.29, 1.82) is 0 Å². The van der Waals surface area contributed by atoms with Gasteiger partial charge in [0.25, 0.3) is 0 Å². The van der Waals surface area contributed by atoms with Crippen LogP contribution in [0.25, 0.3) is 10.9 Å². The minimum Gasteiger partial charge on any atom is -0.465 e. The van der Waals surface area contributed by atoms with Crippen LogP contribution in [-0.2, 0) is 19.6 Å². The van der Waals surface area contributed by atoms with Gasteiger partial charge in [-0.1, -0.05) is 36.4 Å². The van der Waals surface area contributed by atoms with E-state index >= 15 is 0 Å². The van der Waals surface area contributed by atoms with E-state index < -0.39 is 6.09 Å². The van der Waals surface area contributed by atoms with Gasteiger partial charge in [-0.15, -0.1) is 0 Å². The van der Waals surface area contributed by atoms with Crippen molar-refractivity contribution in [2.45, 2.75) is 19.6 Å². The monoisotopic (exact) mass is 324 g/mol. The number of amides is 1. The Morgan fingerprint density at radius 2 is 1.88 bits per heavy atom. The first-order chi connectivity index (χ1) is 11.7. The standard InChI is InChI=1S/C19H20N2O3/c22-13-15-6-7-18-17(10-15)16(11-20-18)8-9-21(19(23)24)12-14-4-2-1-3-5-14/h1-7,10-11,20,22H,8-9,12-13H2,(H,23,24). The van der Waals surface area contributed by atoms with Crippen molar-refractivity contribution in [2.24, 2.45) is 0 Å². The maximum absolute atomic E-state index is 11.5. The summed E-state index contributed by atoms with van der Waals surface area (Å²) in [5.74, 6) is 0. The van der Waals surface area contributed by atoms with Crippen molar-refractivity contribution >= 4 is 17.0 Å². The lowest BCUT2D eigenvalue weighted by Gasteiger charge is -2.19. The van der Waals surface area contributed by atoms with Gasteiger partial charge in [0.2, 0.25) is 0 Å². The van der Waals surface area contributed by atoms with E-state index in [1.165, 1.54) is 4.90 Å². The number of aromatic nitrogens is 1. The number of H-pyrrole nitrogens is 1. The summed E-state index contributed by atoms with van der Waals surface area (Å²) in [5.41, 5.74) is 3.87. The number of fused-ring (bicyclic) bond motifs is 1. The summed E-state index contributed by atoms with van der Waals surface area (Å²) in [5, 5.41) is 19.8. The lowest BCUT2D eigenvalue weighted by atomic mass is 10.1. The summed E-state index contributed by atoms with van der Waals surface area (Å²) in [7, 11) is 0. The topological polar surface area (TPSA) is 76.6 Å². The quantitative estimate of drug-likeness (QED) is 0.650. The van der Waals surface area contributed by atoms with Crippen LogP contribution in [0, 0.1) is 0 Å². The van der Waals surface area contributed by atoms with Crippen LogP contribution < -0.4 is 0 Å². The minimum atomic E-state index is -0.922. The molecule has 5 nitrogen and oxygen atoms in total. The molecule has 1 aromatic heterocycles. The second-order valence-electron chi connectivity index (χ2n) is 5.79. The highest BCUT2D eigenvalue weighted by molar-refractivity contribution is 5.84. The van der Waals surface area contributed by atoms with Crippen LogP contribution >= 0.6 is 0 Å². The van der Waals surface area contributed by atoms with E-state index in [0.717, 1.165) is 27.6 Å². The average Bonchev–Trinajstić information content (AvgIpc) is 3.01. The number of rotatable bonds is 6. The number of aliphatic hydroxyl groups is 1. The smallest absolute Gasteiger partial charge is 0.407 e. The molecule has 24 heavy (non-hydrogen) atoms. The molecule has 3 rings (SSSR count). The Bertz CT molecular complexity index is 827. The number of hydrogen-bond acceptors (Lipinski definition) is 2. The number of carboxylic acid groups (broad SMARTS) is 1.